The van der Waals surface area contributed by atoms with Gasteiger partial charge in [-0.15, -0.1) is 0 Å². The van der Waals surface area contributed by atoms with Gasteiger partial charge in [0.25, 0.3) is 0 Å². The predicted octanol–water partition coefficient (Wildman–Crippen LogP) is 2.01. The molecular weight excluding hydrogens is 319 g/mol. The summed E-state index contributed by atoms with van der Waals surface area (Å²) in [4.78, 5) is 11.1. The van der Waals surface area contributed by atoms with Crippen LogP contribution in [0.3, 0.4) is 0 Å². The molecule has 0 amide bonds. The summed E-state index contributed by atoms with van der Waals surface area (Å²) < 4.78 is 14.8. The standard InChI is InChI=1S/C12H10BrFN2O3/c13-9-5-8(14)1-2-10(9)16-6-7(3-4-17)11(15-16)12(18)19/h1-2,5-6,17H,3-4H2,(H,18,19). The largest absolute Gasteiger partial charge is 0.476 e. The second-order valence-electron chi connectivity index (χ2n) is 3.82. The zero-order chi connectivity index (χ0) is 14.0. The number of benzene rings is 1. The maximum atomic E-state index is 13.0. The Morgan fingerprint density at radius 1 is 1.47 bits per heavy atom. The maximum Gasteiger partial charge on any atom is 0.356 e. The second-order valence-corrected chi connectivity index (χ2v) is 4.68. The first kappa shape index (κ1) is 13.7. The number of aliphatic hydroxyl groups excluding tert-OH is 1. The number of carbonyl (C=O) groups is 1. The number of aromatic carboxylic acids is 1. The molecule has 0 fully saturated rings. The zero-order valence-electron chi connectivity index (χ0n) is 9.68. The Bertz CT molecular complexity index is 627. The van der Waals surface area contributed by atoms with Crippen molar-refractivity contribution >= 4 is 21.9 Å². The van der Waals surface area contributed by atoms with Crippen LogP contribution in [0.25, 0.3) is 5.69 Å². The third-order valence-corrected chi connectivity index (χ3v) is 3.17. The smallest absolute Gasteiger partial charge is 0.356 e. The van der Waals surface area contributed by atoms with Crippen molar-refractivity contribution in [3.8, 4) is 5.69 Å². The topological polar surface area (TPSA) is 75.3 Å². The number of carboxylic acid groups (broad SMARTS) is 1. The molecule has 100 valence electrons. The Labute approximate surface area is 116 Å². The molecule has 0 unspecified atom stereocenters. The van der Waals surface area contributed by atoms with Gasteiger partial charge in [0, 0.05) is 22.8 Å². The average molecular weight is 329 g/mol. The number of nitrogens with zero attached hydrogens (tertiary/aromatic N) is 2. The Balaban J connectivity index is 2.50. The van der Waals surface area contributed by atoms with Gasteiger partial charge in [-0.2, -0.15) is 5.10 Å². The fourth-order valence-corrected chi connectivity index (χ4v) is 2.22. The van der Waals surface area contributed by atoms with E-state index in [1.54, 1.807) is 0 Å². The van der Waals surface area contributed by atoms with Crippen LogP contribution in [0, 0.1) is 5.82 Å². The minimum Gasteiger partial charge on any atom is -0.476 e. The zero-order valence-corrected chi connectivity index (χ0v) is 11.3. The van der Waals surface area contributed by atoms with Gasteiger partial charge in [0.2, 0.25) is 0 Å². The molecule has 0 saturated heterocycles. The van der Waals surface area contributed by atoms with Crippen LogP contribution in [-0.4, -0.2) is 32.6 Å². The van der Waals surface area contributed by atoms with E-state index in [1.807, 2.05) is 0 Å². The lowest BCUT2D eigenvalue weighted by Gasteiger charge is -2.03. The first-order valence-corrected chi connectivity index (χ1v) is 6.20. The van der Waals surface area contributed by atoms with Crippen molar-refractivity contribution in [2.24, 2.45) is 0 Å². The van der Waals surface area contributed by atoms with Gasteiger partial charge in [0.05, 0.1) is 5.69 Å². The van der Waals surface area contributed by atoms with Gasteiger partial charge >= 0.3 is 5.97 Å². The van der Waals surface area contributed by atoms with Gasteiger partial charge in [0.15, 0.2) is 5.69 Å². The number of hydrogen-bond acceptors (Lipinski definition) is 3. The molecular formula is C12H10BrFN2O3. The Morgan fingerprint density at radius 2 is 2.21 bits per heavy atom. The van der Waals surface area contributed by atoms with Crippen LogP contribution >= 0.6 is 15.9 Å². The van der Waals surface area contributed by atoms with E-state index in [0.29, 0.717) is 15.7 Å². The van der Waals surface area contributed by atoms with Crippen LogP contribution in [0.15, 0.2) is 28.9 Å². The lowest BCUT2D eigenvalue weighted by Crippen LogP contribution is -2.04. The highest BCUT2D eigenvalue weighted by atomic mass is 79.9. The summed E-state index contributed by atoms with van der Waals surface area (Å²) in [5.74, 6) is -1.57. The van der Waals surface area contributed by atoms with Crippen LogP contribution < -0.4 is 0 Å². The fraction of sp³-hybridized carbons (Fsp3) is 0.167. The van der Waals surface area contributed by atoms with Gasteiger partial charge in [-0.1, -0.05) is 0 Å². The molecule has 1 aromatic heterocycles. The molecule has 7 heteroatoms. The van der Waals surface area contributed by atoms with Crippen LogP contribution in [0.5, 0.6) is 0 Å². The average Bonchev–Trinajstić information content (AvgIpc) is 2.73. The number of aliphatic hydroxyl groups is 1. The molecule has 1 heterocycles. The summed E-state index contributed by atoms with van der Waals surface area (Å²) in [6, 6.07) is 4.01. The summed E-state index contributed by atoms with van der Waals surface area (Å²) in [6.07, 6.45) is 1.71. The van der Waals surface area contributed by atoms with E-state index in [-0.39, 0.29) is 18.7 Å². The van der Waals surface area contributed by atoms with E-state index < -0.39 is 11.8 Å². The minimum atomic E-state index is -1.17. The highest BCUT2D eigenvalue weighted by molar-refractivity contribution is 9.10. The molecule has 1 aromatic carbocycles. The van der Waals surface area contributed by atoms with Crippen LogP contribution in [0.2, 0.25) is 0 Å². The van der Waals surface area contributed by atoms with E-state index in [4.69, 9.17) is 10.2 Å². The normalized spacial score (nSPS) is 10.7. The third-order valence-electron chi connectivity index (χ3n) is 2.53. The Morgan fingerprint density at radius 3 is 2.79 bits per heavy atom. The lowest BCUT2D eigenvalue weighted by atomic mass is 10.2. The van der Waals surface area contributed by atoms with Crippen molar-refractivity contribution in [1.82, 2.24) is 9.78 Å². The third kappa shape index (κ3) is 2.82. The lowest BCUT2D eigenvalue weighted by molar-refractivity contribution is 0.0688. The first-order valence-electron chi connectivity index (χ1n) is 5.41. The van der Waals surface area contributed by atoms with E-state index in [1.165, 1.54) is 29.1 Å². The highest BCUT2D eigenvalue weighted by Gasteiger charge is 2.17. The van der Waals surface area contributed by atoms with E-state index in [2.05, 4.69) is 21.0 Å². The summed E-state index contributed by atoms with van der Waals surface area (Å²) in [5, 5.41) is 21.9. The van der Waals surface area contributed by atoms with Gasteiger partial charge in [-0.05, 0) is 40.5 Å². The van der Waals surface area contributed by atoms with Crippen molar-refractivity contribution in [3.63, 3.8) is 0 Å². The summed E-state index contributed by atoms with van der Waals surface area (Å²) in [6.45, 7) is -0.170. The van der Waals surface area contributed by atoms with Gasteiger partial charge in [0.1, 0.15) is 5.82 Å². The monoisotopic (exact) mass is 328 g/mol. The van der Waals surface area contributed by atoms with Crippen molar-refractivity contribution in [2.75, 3.05) is 6.61 Å². The summed E-state index contributed by atoms with van der Waals surface area (Å²) in [7, 11) is 0. The fourth-order valence-electron chi connectivity index (χ4n) is 1.68. The van der Waals surface area contributed by atoms with Gasteiger partial charge < -0.3 is 10.2 Å². The number of carboxylic acids is 1. The van der Waals surface area contributed by atoms with Crippen molar-refractivity contribution in [2.45, 2.75) is 6.42 Å². The Kier molecular flexibility index (Phi) is 3.96. The molecule has 2 N–H and O–H groups in total. The van der Waals surface area contributed by atoms with Crippen LogP contribution in [-0.2, 0) is 6.42 Å². The van der Waals surface area contributed by atoms with E-state index in [0.717, 1.165) is 0 Å². The van der Waals surface area contributed by atoms with E-state index in [9.17, 15) is 9.18 Å². The van der Waals surface area contributed by atoms with E-state index >= 15 is 0 Å². The number of rotatable bonds is 4. The molecule has 5 nitrogen and oxygen atoms in total. The van der Waals surface area contributed by atoms with Crippen molar-refractivity contribution in [3.05, 3.63) is 45.9 Å². The molecule has 19 heavy (non-hydrogen) atoms. The van der Waals surface area contributed by atoms with Crippen molar-refractivity contribution in [1.29, 1.82) is 0 Å². The predicted molar refractivity (Wildman–Crippen MR) is 69.0 cm³/mol. The number of hydrogen-bond donors (Lipinski definition) is 2. The van der Waals surface area contributed by atoms with Crippen LogP contribution in [0.4, 0.5) is 4.39 Å². The van der Waals surface area contributed by atoms with Gasteiger partial charge in [-0.3, -0.25) is 0 Å². The Hall–Kier alpha value is -1.73. The second kappa shape index (κ2) is 5.50. The quantitative estimate of drug-likeness (QED) is 0.900. The highest BCUT2D eigenvalue weighted by Crippen LogP contribution is 2.23. The SMILES string of the molecule is O=C(O)c1nn(-c2ccc(F)cc2Br)cc1CCO. The van der Waals surface area contributed by atoms with Crippen LogP contribution in [0.1, 0.15) is 16.1 Å². The molecule has 0 atom stereocenters. The van der Waals surface area contributed by atoms with Gasteiger partial charge in [-0.25, -0.2) is 13.9 Å². The number of aromatic nitrogens is 2. The molecule has 2 aromatic rings. The maximum absolute atomic E-state index is 13.0. The molecule has 0 bridgehead atoms. The number of halogens is 2. The summed E-state index contributed by atoms with van der Waals surface area (Å²) >= 11 is 3.20. The molecule has 0 spiro atoms. The molecule has 0 aliphatic heterocycles. The first-order chi connectivity index (χ1) is 9.02. The molecule has 0 aliphatic carbocycles. The minimum absolute atomic E-state index is 0.120. The van der Waals surface area contributed by atoms with Crippen molar-refractivity contribution < 1.29 is 19.4 Å². The molecule has 0 aliphatic rings. The summed E-state index contributed by atoms with van der Waals surface area (Å²) in [5.41, 5.74) is 0.824. The molecule has 0 saturated carbocycles. The molecule has 2 rings (SSSR count). The molecule has 0 radical (unpaired) electrons.